The van der Waals surface area contributed by atoms with Gasteiger partial charge in [-0.25, -0.2) is 9.38 Å². The zero-order valence-corrected chi connectivity index (χ0v) is 15.3. The molecular formula is C19H29FN4O. The Morgan fingerprint density at radius 2 is 2.12 bits per heavy atom. The summed E-state index contributed by atoms with van der Waals surface area (Å²) in [4.78, 5) is 4.42. The number of aliphatic hydroxyl groups excluding tert-OH is 1. The van der Waals surface area contributed by atoms with Gasteiger partial charge in [0.1, 0.15) is 5.82 Å². The van der Waals surface area contributed by atoms with Crippen molar-refractivity contribution in [2.45, 2.75) is 40.2 Å². The van der Waals surface area contributed by atoms with Crippen molar-refractivity contribution < 1.29 is 9.50 Å². The highest BCUT2D eigenvalue weighted by atomic mass is 19.1. The molecule has 0 fully saturated rings. The van der Waals surface area contributed by atoms with Crippen molar-refractivity contribution >= 4 is 5.96 Å². The van der Waals surface area contributed by atoms with Gasteiger partial charge in [0.25, 0.3) is 0 Å². The van der Waals surface area contributed by atoms with E-state index in [1.165, 1.54) is 6.07 Å². The van der Waals surface area contributed by atoms with Crippen molar-refractivity contribution in [2.75, 3.05) is 19.7 Å². The molecule has 0 bridgehead atoms. The maximum absolute atomic E-state index is 13.9. The molecule has 1 aromatic carbocycles. The van der Waals surface area contributed by atoms with Gasteiger partial charge < -0.3 is 15.7 Å². The van der Waals surface area contributed by atoms with Gasteiger partial charge in [-0.2, -0.15) is 5.26 Å². The molecule has 0 heterocycles. The number of hydrogen-bond acceptors (Lipinski definition) is 3. The third-order valence-corrected chi connectivity index (χ3v) is 3.83. The number of guanidine groups is 1. The Kier molecular flexibility index (Phi) is 9.56. The number of nitrogens with one attached hydrogen (secondary N) is 2. The standard InChI is InChI=1S/C19H29FN4O/c1-4-22-19(23-12-16(7-8-25)9-14(2)3)24-13-17-6-5-15(11-21)10-18(17)20/h5-6,10,14,16,25H,4,7-9,12-13H2,1-3H3,(H2,22,23,24). The van der Waals surface area contributed by atoms with Crippen molar-refractivity contribution in [1.82, 2.24) is 10.6 Å². The van der Waals surface area contributed by atoms with Crippen molar-refractivity contribution in [1.29, 1.82) is 5.26 Å². The first-order chi connectivity index (χ1) is 12.0. The smallest absolute Gasteiger partial charge is 0.191 e. The Morgan fingerprint density at radius 1 is 1.36 bits per heavy atom. The second-order valence-corrected chi connectivity index (χ2v) is 6.50. The van der Waals surface area contributed by atoms with Crippen LogP contribution in [-0.4, -0.2) is 30.8 Å². The van der Waals surface area contributed by atoms with Crippen LogP contribution in [0.5, 0.6) is 0 Å². The molecule has 0 aliphatic heterocycles. The lowest BCUT2D eigenvalue weighted by Crippen LogP contribution is -2.40. The Balaban J connectivity index is 2.71. The molecule has 1 atom stereocenters. The van der Waals surface area contributed by atoms with E-state index in [4.69, 9.17) is 5.26 Å². The number of aliphatic hydroxyl groups is 1. The van der Waals surface area contributed by atoms with Gasteiger partial charge in [0.05, 0.1) is 18.2 Å². The van der Waals surface area contributed by atoms with E-state index in [0.717, 1.165) is 12.8 Å². The Morgan fingerprint density at radius 3 is 2.68 bits per heavy atom. The summed E-state index contributed by atoms with van der Waals surface area (Å²) in [6.07, 6.45) is 1.77. The molecule has 0 aliphatic carbocycles. The maximum atomic E-state index is 13.9. The zero-order chi connectivity index (χ0) is 18.7. The number of halogens is 1. The van der Waals surface area contributed by atoms with Crippen LogP contribution in [0.4, 0.5) is 4.39 Å². The molecule has 1 unspecified atom stereocenters. The van der Waals surface area contributed by atoms with Crippen LogP contribution in [0.15, 0.2) is 23.2 Å². The summed E-state index contributed by atoms with van der Waals surface area (Å²) >= 11 is 0. The lowest BCUT2D eigenvalue weighted by atomic mass is 9.94. The summed E-state index contributed by atoms with van der Waals surface area (Å²) < 4.78 is 13.9. The molecule has 3 N–H and O–H groups in total. The number of nitrogens with zero attached hydrogens (tertiary/aromatic N) is 2. The minimum Gasteiger partial charge on any atom is -0.396 e. The molecule has 0 saturated carbocycles. The molecule has 1 aromatic rings. The second-order valence-electron chi connectivity index (χ2n) is 6.50. The molecule has 0 aromatic heterocycles. The third kappa shape index (κ3) is 7.99. The van der Waals surface area contributed by atoms with Crippen molar-refractivity contribution in [3.63, 3.8) is 0 Å². The summed E-state index contributed by atoms with van der Waals surface area (Å²) in [7, 11) is 0. The molecule has 0 spiro atoms. The van der Waals surface area contributed by atoms with Gasteiger partial charge >= 0.3 is 0 Å². The van der Waals surface area contributed by atoms with E-state index in [-0.39, 0.29) is 13.2 Å². The highest BCUT2D eigenvalue weighted by Gasteiger charge is 2.11. The second kappa shape index (κ2) is 11.4. The van der Waals surface area contributed by atoms with Crippen LogP contribution in [-0.2, 0) is 6.54 Å². The number of nitriles is 1. The SMILES string of the molecule is CCNC(=NCc1ccc(C#N)cc1F)NCC(CCO)CC(C)C. The van der Waals surface area contributed by atoms with Gasteiger partial charge in [0, 0.05) is 25.3 Å². The molecule has 6 heteroatoms. The van der Waals surface area contributed by atoms with Crippen LogP contribution in [0.1, 0.15) is 44.7 Å². The first kappa shape index (κ1) is 20.9. The van der Waals surface area contributed by atoms with Crippen LogP contribution in [0.25, 0.3) is 0 Å². The van der Waals surface area contributed by atoms with Crippen molar-refractivity contribution in [2.24, 2.45) is 16.8 Å². The highest BCUT2D eigenvalue weighted by molar-refractivity contribution is 5.79. The minimum atomic E-state index is -0.420. The van der Waals surface area contributed by atoms with Crippen molar-refractivity contribution in [3.05, 3.63) is 35.1 Å². The van der Waals surface area contributed by atoms with Gasteiger partial charge in [-0.1, -0.05) is 19.9 Å². The summed E-state index contributed by atoms with van der Waals surface area (Å²) in [5.41, 5.74) is 0.751. The third-order valence-electron chi connectivity index (χ3n) is 3.83. The van der Waals surface area contributed by atoms with E-state index in [2.05, 4.69) is 29.5 Å². The number of rotatable bonds is 9. The Bertz CT molecular complexity index is 596. The fourth-order valence-corrected chi connectivity index (χ4v) is 2.64. The number of aliphatic imine (C=N–C) groups is 1. The van der Waals surface area contributed by atoms with Gasteiger partial charge in [0.15, 0.2) is 5.96 Å². The van der Waals surface area contributed by atoms with Crippen LogP contribution in [0.3, 0.4) is 0 Å². The number of benzene rings is 1. The molecule has 0 radical (unpaired) electrons. The summed E-state index contributed by atoms with van der Waals surface area (Å²) in [5, 5.41) is 24.4. The van der Waals surface area contributed by atoms with E-state index in [1.54, 1.807) is 12.1 Å². The molecule has 0 saturated heterocycles. The van der Waals surface area contributed by atoms with Crippen LogP contribution >= 0.6 is 0 Å². The monoisotopic (exact) mass is 348 g/mol. The normalized spacial score (nSPS) is 12.8. The summed E-state index contributed by atoms with van der Waals surface area (Å²) in [6.45, 7) is 8.08. The van der Waals surface area contributed by atoms with Crippen LogP contribution < -0.4 is 10.6 Å². The highest BCUT2D eigenvalue weighted by Crippen LogP contribution is 2.14. The molecule has 5 nitrogen and oxygen atoms in total. The van der Waals surface area contributed by atoms with Gasteiger partial charge in [-0.3, -0.25) is 0 Å². The lowest BCUT2D eigenvalue weighted by Gasteiger charge is -2.20. The lowest BCUT2D eigenvalue weighted by molar-refractivity contribution is 0.243. The van der Waals surface area contributed by atoms with E-state index >= 15 is 0 Å². The molecule has 0 amide bonds. The Labute approximate surface area is 150 Å². The summed E-state index contributed by atoms with van der Waals surface area (Å²) in [5.74, 6) is 1.13. The fourth-order valence-electron chi connectivity index (χ4n) is 2.64. The fraction of sp³-hybridized carbons (Fsp3) is 0.579. The number of hydrogen-bond donors (Lipinski definition) is 3. The quantitative estimate of drug-likeness (QED) is 0.473. The molecule has 1 rings (SSSR count). The summed E-state index contributed by atoms with van der Waals surface area (Å²) in [6, 6.07) is 6.33. The predicted octanol–water partition coefficient (Wildman–Crippen LogP) is 2.80. The van der Waals surface area contributed by atoms with Crippen molar-refractivity contribution in [3.8, 4) is 6.07 Å². The van der Waals surface area contributed by atoms with Crippen LogP contribution in [0, 0.1) is 29.0 Å². The topological polar surface area (TPSA) is 80.4 Å². The van der Waals surface area contributed by atoms with E-state index in [9.17, 15) is 9.50 Å². The molecule has 138 valence electrons. The largest absolute Gasteiger partial charge is 0.396 e. The van der Waals surface area contributed by atoms with Gasteiger partial charge in [-0.05, 0) is 43.7 Å². The maximum Gasteiger partial charge on any atom is 0.191 e. The Hall–Kier alpha value is -2.13. The van der Waals surface area contributed by atoms with Crippen LogP contribution in [0.2, 0.25) is 0 Å². The van der Waals surface area contributed by atoms with E-state index in [1.807, 2.05) is 13.0 Å². The average molecular weight is 348 g/mol. The molecule has 25 heavy (non-hydrogen) atoms. The predicted molar refractivity (Wildman–Crippen MR) is 98.6 cm³/mol. The van der Waals surface area contributed by atoms with Gasteiger partial charge in [-0.15, -0.1) is 0 Å². The molecular weight excluding hydrogens is 319 g/mol. The van der Waals surface area contributed by atoms with E-state index < -0.39 is 5.82 Å². The van der Waals surface area contributed by atoms with E-state index in [0.29, 0.717) is 42.0 Å². The first-order valence-corrected chi connectivity index (χ1v) is 8.81. The minimum absolute atomic E-state index is 0.170. The molecule has 0 aliphatic rings. The first-order valence-electron chi connectivity index (χ1n) is 8.81. The zero-order valence-electron chi connectivity index (χ0n) is 15.3. The van der Waals surface area contributed by atoms with Gasteiger partial charge in [0.2, 0.25) is 0 Å². The average Bonchev–Trinajstić information content (AvgIpc) is 2.57.